The van der Waals surface area contributed by atoms with Gasteiger partial charge in [-0.1, -0.05) is 13.3 Å². The lowest BCUT2D eigenvalue weighted by atomic mass is 9.96. The number of rotatable bonds is 5. The van der Waals surface area contributed by atoms with Crippen LogP contribution >= 0.6 is 12.4 Å². The molecule has 108 valence electrons. The Balaban J connectivity index is 0.00000324. The lowest BCUT2D eigenvalue weighted by Crippen LogP contribution is -2.48. The molecule has 1 atom stereocenters. The van der Waals surface area contributed by atoms with Gasteiger partial charge in [-0.15, -0.1) is 12.4 Å². The Hall–Kier alpha value is -1.33. The first kappa shape index (κ1) is 17.7. The van der Waals surface area contributed by atoms with Crippen LogP contribution in [0.15, 0.2) is 18.3 Å². The summed E-state index contributed by atoms with van der Waals surface area (Å²) in [6.45, 7) is 3.74. The Morgan fingerprint density at radius 1 is 1.47 bits per heavy atom. The van der Waals surface area contributed by atoms with Crippen molar-refractivity contribution in [2.24, 2.45) is 5.73 Å². The standard InChI is InChI=1S/C13H22N4O.ClH/c1-5-8-13(2,14)12(18)16-11-7-6-10(9-15-11)17(3)4;/h6-7,9H,5,8,14H2,1-4H3,(H,15,16,18);1H. The Kier molecular flexibility index (Phi) is 6.79. The lowest BCUT2D eigenvalue weighted by Gasteiger charge is -2.22. The third kappa shape index (κ3) is 5.04. The van der Waals surface area contributed by atoms with Crippen LogP contribution in [0.2, 0.25) is 0 Å². The molecule has 0 aromatic carbocycles. The molecule has 0 fully saturated rings. The molecular formula is C13H23ClN4O. The number of carbonyl (C=O) groups excluding carboxylic acids is 1. The van der Waals surface area contributed by atoms with Gasteiger partial charge in [0.1, 0.15) is 5.82 Å². The van der Waals surface area contributed by atoms with E-state index in [-0.39, 0.29) is 18.3 Å². The molecule has 0 aliphatic rings. The van der Waals surface area contributed by atoms with Crippen molar-refractivity contribution in [1.82, 2.24) is 4.98 Å². The molecule has 0 radical (unpaired) electrons. The molecule has 0 spiro atoms. The summed E-state index contributed by atoms with van der Waals surface area (Å²) in [6.07, 6.45) is 3.23. The van der Waals surface area contributed by atoms with Crippen molar-refractivity contribution in [2.45, 2.75) is 32.2 Å². The molecule has 19 heavy (non-hydrogen) atoms. The molecule has 1 aromatic heterocycles. The second kappa shape index (κ2) is 7.31. The average molecular weight is 287 g/mol. The van der Waals surface area contributed by atoms with E-state index in [4.69, 9.17) is 5.73 Å². The molecule has 1 heterocycles. The summed E-state index contributed by atoms with van der Waals surface area (Å²) in [5.41, 5.74) is 6.08. The van der Waals surface area contributed by atoms with Gasteiger partial charge in [-0.05, 0) is 25.5 Å². The summed E-state index contributed by atoms with van der Waals surface area (Å²) < 4.78 is 0. The minimum absolute atomic E-state index is 0. The molecule has 1 rings (SSSR count). The van der Waals surface area contributed by atoms with Crippen LogP contribution in [0.1, 0.15) is 26.7 Å². The highest BCUT2D eigenvalue weighted by atomic mass is 35.5. The average Bonchev–Trinajstić information content (AvgIpc) is 2.29. The van der Waals surface area contributed by atoms with E-state index in [1.54, 1.807) is 19.2 Å². The summed E-state index contributed by atoms with van der Waals surface area (Å²) in [7, 11) is 3.88. The maximum atomic E-state index is 12.0. The van der Waals surface area contributed by atoms with Crippen LogP contribution in [0.3, 0.4) is 0 Å². The topological polar surface area (TPSA) is 71.2 Å². The molecule has 1 aromatic rings. The third-order valence-corrected chi connectivity index (χ3v) is 2.79. The van der Waals surface area contributed by atoms with Crippen molar-refractivity contribution in [1.29, 1.82) is 0 Å². The monoisotopic (exact) mass is 286 g/mol. The van der Waals surface area contributed by atoms with Crippen LogP contribution in [0.25, 0.3) is 0 Å². The first-order valence-electron chi connectivity index (χ1n) is 6.10. The number of hydrogen-bond donors (Lipinski definition) is 2. The quantitative estimate of drug-likeness (QED) is 0.869. The number of carbonyl (C=O) groups is 1. The van der Waals surface area contributed by atoms with E-state index in [1.807, 2.05) is 32.0 Å². The highest BCUT2D eigenvalue weighted by molar-refractivity contribution is 5.96. The lowest BCUT2D eigenvalue weighted by molar-refractivity contribution is -0.120. The summed E-state index contributed by atoms with van der Waals surface area (Å²) in [6, 6.07) is 3.67. The zero-order valence-corrected chi connectivity index (χ0v) is 12.8. The zero-order chi connectivity index (χ0) is 13.8. The number of nitrogens with zero attached hydrogens (tertiary/aromatic N) is 2. The summed E-state index contributed by atoms with van der Waals surface area (Å²) >= 11 is 0. The highest BCUT2D eigenvalue weighted by Gasteiger charge is 2.27. The SMILES string of the molecule is CCCC(C)(N)C(=O)Nc1ccc(N(C)C)cn1.Cl. The predicted octanol–water partition coefficient (Wildman–Crippen LogP) is 2.03. The second-order valence-electron chi connectivity index (χ2n) is 4.92. The van der Waals surface area contributed by atoms with E-state index in [9.17, 15) is 4.79 Å². The fourth-order valence-electron chi connectivity index (χ4n) is 1.62. The van der Waals surface area contributed by atoms with Crippen LogP contribution in [-0.2, 0) is 4.79 Å². The molecule has 0 saturated carbocycles. The van der Waals surface area contributed by atoms with Gasteiger partial charge in [0, 0.05) is 14.1 Å². The van der Waals surface area contributed by atoms with Crippen LogP contribution in [0, 0.1) is 0 Å². The van der Waals surface area contributed by atoms with Crippen molar-refractivity contribution < 1.29 is 4.79 Å². The van der Waals surface area contributed by atoms with Gasteiger partial charge in [-0.3, -0.25) is 4.79 Å². The maximum absolute atomic E-state index is 12.0. The van der Waals surface area contributed by atoms with E-state index in [2.05, 4.69) is 10.3 Å². The van der Waals surface area contributed by atoms with Crippen molar-refractivity contribution in [3.8, 4) is 0 Å². The number of nitrogens with two attached hydrogens (primary N) is 1. The maximum Gasteiger partial charge on any atom is 0.245 e. The number of nitrogens with one attached hydrogen (secondary N) is 1. The second-order valence-corrected chi connectivity index (χ2v) is 4.92. The number of pyridine rings is 1. The Labute approximate surface area is 121 Å². The molecule has 0 aliphatic heterocycles. The van der Waals surface area contributed by atoms with Crippen LogP contribution in [0.4, 0.5) is 11.5 Å². The van der Waals surface area contributed by atoms with Gasteiger partial charge in [0.2, 0.25) is 5.91 Å². The largest absolute Gasteiger partial charge is 0.376 e. The normalized spacial score (nSPS) is 13.1. The molecule has 6 heteroatoms. The number of aromatic nitrogens is 1. The van der Waals surface area contributed by atoms with Crippen molar-refractivity contribution in [2.75, 3.05) is 24.3 Å². The van der Waals surface area contributed by atoms with Gasteiger partial charge in [0.25, 0.3) is 0 Å². The van der Waals surface area contributed by atoms with E-state index < -0.39 is 5.54 Å². The van der Waals surface area contributed by atoms with E-state index >= 15 is 0 Å². The van der Waals surface area contributed by atoms with Gasteiger partial charge < -0.3 is 16.0 Å². The van der Waals surface area contributed by atoms with E-state index in [0.29, 0.717) is 12.2 Å². The fourth-order valence-corrected chi connectivity index (χ4v) is 1.62. The van der Waals surface area contributed by atoms with Crippen molar-refractivity contribution >= 4 is 29.8 Å². The summed E-state index contributed by atoms with van der Waals surface area (Å²) in [5, 5.41) is 2.74. The first-order valence-corrected chi connectivity index (χ1v) is 6.10. The Morgan fingerprint density at radius 3 is 2.53 bits per heavy atom. The van der Waals surface area contributed by atoms with Gasteiger partial charge >= 0.3 is 0 Å². The third-order valence-electron chi connectivity index (χ3n) is 2.79. The molecule has 0 saturated heterocycles. The van der Waals surface area contributed by atoms with Gasteiger partial charge in [0.05, 0.1) is 17.4 Å². The Bertz CT molecular complexity index is 404. The highest BCUT2D eigenvalue weighted by Crippen LogP contribution is 2.15. The van der Waals surface area contributed by atoms with Crippen LogP contribution in [-0.4, -0.2) is 30.5 Å². The number of anilines is 2. The van der Waals surface area contributed by atoms with Crippen LogP contribution in [0.5, 0.6) is 0 Å². The van der Waals surface area contributed by atoms with Crippen molar-refractivity contribution in [3.05, 3.63) is 18.3 Å². The van der Waals surface area contributed by atoms with E-state index in [0.717, 1.165) is 12.1 Å². The summed E-state index contributed by atoms with van der Waals surface area (Å²) in [4.78, 5) is 18.1. The number of amides is 1. The van der Waals surface area contributed by atoms with Gasteiger partial charge in [-0.25, -0.2) is 4.98 Å². The first-order chi connectivity index (χ1) is 8.36. The molecule has 0 bridgehead atoms. The zero-order valence-electron chi connectivity index (χ0n) is 11.9. The Morgan fingerprint density at radius 2 is 2.11 bits per heavy atom. The fraction of sp³-hybridized carbons (Fsp3) is 0.538. The molecule has 1 unspecified atom stereocenters. The molecular weight excluding hydrogens is 264 g/mol. The molecule has 5 nitrogen and oxygen atoms in total. The minimum Gasteiger partial charge on any atom is -0.376 e. The van der Waals surface area contributed by atoms with E-state index in [1.165, 1.54) is 0 Å². The number of halogens is 1. The number of hydrogen-bond acceptors (Lipinski definition) is 4. The van der Waals surface area contributed by atoms with Crippen molar-refractivity contribution in [3.63, 3.8) is 0 Å². The van der Waals surface area contributed by atoms with Gasteiger partial charge in [-0.2, -0.15) is 0 Å². The molecule has 0 aliphatic carbocycles. The molecule has 1 amide bonds. The van der Waals surface area contributed by atoms with Crippen LogP contribution < -0.4 is 16.0 Å². The summed E-state index contributed by atoms with van der Waals surface area (Å²) in [5.74, 6) is 0.327. The minimum atomic E-state index is -0.851. The predicted molar refractivity (Wildman–Crippen MR) is 81.9 cm³/mol. The van der Waals surface area contributed by atoms with Gasteiger partial charge in [0.15, 0.2) is 0 Å². The smallest absolute Gasteiger partial charge is 0.245 e. The molecule has 3 N–H and O–H groups in total.